The van der Waals surface area contributed by atoms with Gasteiger partial charge in [0.25, 0.3) is 0 Å². The van der Waals surface area contributed by atoms with Crippen LogP contribution in [-0.4, -0.2) is 13.1 Å². The van der Waals surface area contributed by atoms with Crippen molar-refractivity contribution in [2.24, 2.45) is 0 Å². The van der Waals surface area contributed by atoms with Crippen LogP contribution < -0.4 is 0 Å². The van der Waals surface area contributed by atoms with Crippen molar-refractivity contribution >= 4 is 21.9 Å². The van der Waals surface area contributed by atoms with Gasteiger partial charge in [0.2, 0.25) is 0 Å². The standard InChI is InChI=1S/C16H15BrO3/c1-19-10-13-3-2-4-14(9-13)16(18)20-11-12-5-7-15(17)8-6-12/h2-9H,10-11H2,1H3. The maximum absolute atomic E-state index is 12.0. The second-order valence-corrected chi connectivity index (χ2v) is 5.25. The van der Waals surface area contributed by atoms with E-state index in [4.69, 9.17) is 9.47 Å². The Hall–Kier alpha value is -1.65. The van der Waals surface area contributed by atoms with Gasteiger partial charge in [0.15, 0.2) is 0 Å². The molecule has 0 fully saturated rings. The van der Waals surface area contributed by atoms with E-state index in [-0.39, 0.29) is 12.6 Å². The van der Waals surface area contributed by atoms with Crippen LogP contribution in [0.15, 0.2) is 53.0 Å². The zero-order chi connectivity index (χ0) is 14.4. The summed E-state index contributed by atoms with van der Waals surface area (Å²) in [5, 5.41) is 0. The summed E-state index contributed by atoms with van der Waals surface area (Å²) in [6, 6.07) is 14.9. The van der Waals surface area contributed by atoms with Gasteiger partial charge < -0.3 is 9.47 Å². The zero-order valence-corrected chi connectivity index (χ0v) is 12.7. The summed E-state index contributed by atoms with van der Waals surface area (Å²) in [7, 11) is 1.62. The number of rotatable bonds is 5. The Kier molecular flexibility index (Phi) is 5.32. The van der Waals surface area contributed by atoms with E-state index in [1.54, 1.807) is 19.2 Å². The quantitative estimate of drug-likeness (QED) is 0.776. The molecule has 0 aliphatic heterocycles. The Balaban J connectivity index is 1.97. The molecule has 0 heterocycles. The first-order valence-electron chi connectivity index (χ1n) is 6.18. The van der Waals surface area contributed by atoms with Gasteiger partial charge in [-0.05, 0) is 35.4 Å². The number of hydrogen-bond acceptors (Lipinski definition) is 3. The predicted molar refractivity (Wildman–Crippen MR) is 80.4 cm³/mol. The van der Waals surface area contributed by atoms with Crippen molar-refractivity contribution in [3.05, 3.63) is 69.7 Å². The first-order chi connectivity index (χ1) is 9.69. The first-order valence-corrected chi connectivity index (χ1v) is 6.98. The third kappa shape index (κ3) is 4.18. The topological polar surface area (TPSA) is 35.5 Å². The fraction of sp³-hybridized carbons (Fsp3) is 0.188. The zero-order valence-electron chi connectivity index (χ0n) is 11.1. The molecule has 0 aliphatic rings. The number of carbonyl (C=O) groups excluding carboxylic acids is 1. The molecule has 0 amide bonds. The minimum Gasteiger partial charge on any atom is -0.457 e. The molecule has 3 nitrogen and oxygen atoms in total. The second-order valence-electron chi connectivity index (χ2n) is 4.34. The first kappa shape index (κ1) is 14.8. The molecular weight excluding hydrogens is 320 g/mol. The highest BCUT2D eigenvalue weighted by molar-refractivity contribution is 9.10. The molecule has 0 unspecified atom stereocenters. The van der Waals surface area contributed by atoms with Gasteiger partial charge in [-0.15, -0.1) is 0 Å². The number of benzene rings is 2. The van der Waals surface area contributed by atoms with E-state index in [2.05, 4.69) is 15.9 Å². The van der Waals surface area contributed by atoms with Crippen LogP contribution in [0.2, 0.25) is 0 Å². The Bertz CT molecular complexity index is 579. The van der Waals surface area contributed by atoms with E-state index in [1.807, 2.05) is 36.4 Å². The number of hydrogen-bond donors (Lipinski definition) is 0. The minimum absolute atomic E-state index is 0.265. The summed E-state index contributed by atoms with van der Waals surface area (Å²) >= 11 is 3.37. The van der Waals surface area contributed by atoms with Crippen molar-refractivity contribution in [1.82, 2.24) is 0 Å². The van der Waals surface area contributed by atoms with E-state index in [0.717, 1.165) is 15.6 Å². The van der Waals surface area contributed by atoms with Crippen LogP contribution in [0, 0.1) is 0 Å². The normalized spacial score (nSPS) is 10.3. The molecule has 0 spiro atoms. The molecule has 0 aliphatic carbocycles. The number of carbonyl (C=O) groups is 1. The highest BCUT2D eigenvalue weighted by Gasteiger charge is 2.08. The Morgan fingerprint density at radius 1 is 1.05 bits per heavy atom. The predicted octanol–water partition coefficient (Wildman–Crippen LogP) is 3.95. The summed E-state index contributed by atoms with van der Waals surface area (Å²) < 4.78 is 11.3. The van der Waals surface area contributed by atoms with Crippen LogP contribution in [0.1, 0.15) is 21.5 Å². The summed E-state index contributed by atoms with van der Waals surface area (Å²) in [6.45, 7) is 0.744. The average molecular weight is 335 g/mol. The maximum Gasteiger partial charge on any atom is 0.338 e. The molecule has 0 saturated heterocycles. The van der Waals surface area contributed by atoms with Crippen molar-refractivity contribution in [1.29, 1.82) is 0 Å². The summed E-state index contributed by atoms with van der Waals surface area (Å²) in [4.78, 5) is 12.0. The lowest BCUT2D eigenvalue weighted by Crippen LogP contribution is -2.05. The summed E-state index contributed by atoms with van der Waals surface area (Å²) in [6.07, 6.45) is 0. The fourth-order valence-electron chi connectivity index (χ4n) is 1.77. The van der Waals surface area contributed by atoms with E-state index in [0.29, 0.717) is 12.2 Å². The van der Waals surface area contributed by atoms with E-state index in [1.165, 1.54) is 0 Å². The van der Waals surface area contributed by atoms with E-state index >= 15 is 0 Å². The van der Waals surface area contributed by atoms with Crippen molar-refractivity contribution in [3.8, 4) is 0 Å². The van der Waals surface area contributed by atoms with Crippen LogP contribution in [0.25, 0.3) is 0 Å². The second kappa shape index (κ2) is 7.22. The van der Waals surface area contributed by atoms with Crippen LogP contribution in [0.3, 0.4) is 0 Å². The lowest BCUT2D eigenvalue weighted by Gasteiger charge is -2.06. The van der Waals surface area contributed by atoms with Crippen LogP contribution in [0.4, 0.5) is 0 Å². The Morgan fingerprint density at radius 2 is 1.80 bits per heavy atom. The van der Waals surface area contributed by atoms with Gasteiger partial charge in [-0.3, -0.25) is 0 Å². The van der Waals surface area contributed by atoms with Crippen LogP contribution >= 0.6 is 15.9 Å². The summed E-state index contributed by atoms with van der Waals surface area (Å²) in [5.41, 5.74) is 2.44. The number of esters is 1. The third-order valence-corrected chi connectivity index (χ3v) is 3.29. The van der Waals surface area contributed by atoms with Crippen LogP contribution in [0.5, 0.6) is 0 Å². The highest BCUT2D eigenvalue weighted by Crippen LogP contribution is 2.13. The van der Waals surface area contributed by atoms with Crippen molar-refractivity contribution < 1.29 is 14.3 Å². The Labute approximate surface area is 126 Å². The lowest BCUT2D eigenvalue weighted by molar-refractivity contribution is 0.0472. The highest BCUT2D eigenvalue weighted by atomic mass is 79.9. The van der Waals surface area contributed by atoms with E-state index < -0.39 is 0 Å². The fourth-order valence-corrected chi connectivity index (χ4v) is 2.03. The number of methoxy groups -OCH3 is 1. The molecule has 0 bridgehead atoms. The molecule has 0 atom stereocenters. The van der Waals surface area contributed by atoms with Gasteiger partial charge in [-0.25, -0.2) is 4.79 Å². The van der Waals surface area contributed by atoms with Crippen LogP contribution in [-0.2, 0) is 22.7 Å². The molecule has 20 heavy (non-hydrogen) atoms. The maximum atomic E-state index is 12.0. The Morgan fingerprint density at radius 3 is 2.50 bits per heavy atom. The molecule has 0 N–H and O–H groups in total. The number of halogens is 1. The van der Waals surface area contributed by atoms with Gasteiger partial charge in [-0.1, -0.05) is 40.2 Å². The van der Waals surface area contributed by atoms with Gasteiger partial charge in [0, 0.05) is 11.6 Å². The molecular formula is C16H15BrO3. The average Bonchev–Trinajstić information content (AvgIpc) is 2.47. The molecule has 0 radical (unpaired) electrons. The SMILES string of the molecule is COCc1cccc(C(=O)OCc2ccc(Br)cc2)c1. The van der Waals surface area contributed by atoms with Crippen molar-refractivity contribution in [2.45, 2.75) is 13.2 Å². The monoisotopic (exact) mass is 334 g/mol. The molecule has 2 rings (SSSR count). The molecule has 4 heteroatoms. The van der Waals surface area contributed by atoms with Gasteiger partial charge in [0.05, 0.1) is 12.2 Å². The van der Waals surface area contributed by atoms with Gasteiger partial charge >= 0.3 is 5.97 Å². The molecule has 104 valence electrons. The van der Waals surface area contributed by atoms with Crippen molar-refractivity contribution in [2.75, 3.05) is 7.11 Å². The van der Waals surface area contributed by atoms with Gasteiger partial charge in [0.1, 0.15) is 6.61 Å². The van der Waals surface area contributed by atoms with E-state index in [9.17, 15) is 4.79 Å². The molecule has 0 aromatic heterocycles. The van der Waals surface area contributed by atoms with Gasteiger partial charge in [-0.2, -0.15) is 0 Å². The third-order valence-electron chi connectivity index (χ3n) is 2.76. The van der Waals surface area contributed by atoms with Crippen molar-refractivity contribution in [3.63, 3.8) is 0 Å². The lowest BCUT2D eigenvalue weighted by atomic mass is 10.1. The largest absolute Gasteiger partial charge is 0.457 e. The smallest absolute Gasteiger partial charge is 0.338 e. The summed E-state index contributed by atoms with van der Waals surface area (Å²) in [5.74, 6) is -0.328. The molecule has 2 aromatic carbocycles. The number of ether oxygens (including phenoxy) is 2. The minimum atomic E-state index is -0.328. The molecule has 0 saturated carbocycles. The molecule has 2 aromatic rings.